The fourth-order valence-electron chi connectivity index (χ4n) is 1.81. The summed E-state index contributed by atoms with van der Waals surface area (Å²) < 4.78 is 5.60. The molecule has 84 valence electrons. The molecule has 1 fully saturated rings. The Morgan fingerprint density at radius 3 is 3.19 bits per heavy atom. The minimum Gasteiger partial charge on any atom is -0.475 e. The molecule has 1 aliphatic rings. The molecule has 1 saturated heterocycles. The molecule has 1 aromatic rings. The van der Waals surface area contributed by atoms with Gasteiger partial charge in [-0.1, -0.05) is 0 Å². The summed E-state index contributed by atoms with van der Waals surface area (Å²) in [7, 11) is 0. The van der Waals surface area contributed by atoms with E-state index in [0.29, 0.717) is 24.1 Å². The largest absolute Gasteiger partial charge is 0.475 e. The van der Waals surface area contributed by atoms with Crippen LogP contribution < -0.4 is 10.1 Å². The van der Waals surface area contributed by atoms with Crippen LogP contribution in [0.3, 0.4) is 0 Å². The predicted molar refractivity (Wildman–Crippen MR) is 60.2 cm³/mol. The third kappa shape index (κ3) is 2.50. The van der Waals surface area contributed by atoms with Gasteiger partial charge in [-0.05, 0) is 38.4 Å². The van der Waals surface area contributed by atoms with E-state index >= 15 is 0 Å². The van der Waals surface area contributed by atoms with Crippen molar-refractivity contribution in [2.45, 2.75) is 25.8 Å². The predicted octanol–water partition coefficient (Wildman–Crippen LogP) is 1.39. The zero-order valence-corrected chi connectivity index (χ0v) is 9.36. The summed E-state index contributed by atoms with van der Waals surface area (Å²) in [5, 5.41) is 12.3. The first-order valence-corrected chi connectivity index (χ1v) is 5.53. The van der Waals surface area contributed by atoms with Gasteiger partial charge in [-0.15, -0.1) is 0 Å². The Bertz CT molecular complexity index is 405. The lowest BCUT2D eigenvalue weighted by molar-refractivity contribution is 0.266. The molecule has 2 heterocycles. The van der Waals surface area contributed by atoms with Crippen molar-refractivity contribution in [3.05, 3.63) is 23.4 Å². The van der Waals surface area contributed by atoms with Crippen LogP contribution in [0, 0.1) is 18.3 Å². The summed E-state index contributed by atoms with van der Waals surface area (Å²) in [6.07, 6.45) is 2.33. The van der Waals surface area contributed by atoms with E-state index in [1.54, 1.807) is 6.07 Å². The van der Waals surface area contributed by atoms with Crippen molar-refractivity contribution in [2.75, 3.05) is 13.2 Å². The molecule has 1 aliphatic heterocycles. The molecule has 2 rings (SSSR count). The quantitative estimate of drug-likeness (QED) is 0.831. The fraction of sp³-hybridized carbons (Fsp3) is 0.500. The Morgan fingerprint density at radius 1 is 1.62 bits per heavy atom. The Balaban J connectivity index is 2.02. The fourth-order valence-corrected chi connectivity index (χ4v) is 1.81. The average molecular weight is 217 g/mol. The van der Waals surface area contributed by atoms with Crippen molar-refractivity contribution in [3.8, 4) is 11.9 Å². The molecule has 4 nitrogen and oxygen atoms in total. The van der Waals surface area contributed by atoms with Crippen LogP contribution in [0.15, 0.2) is 12.1 Å². The maximum absolute atomic E-state index is 8.92. The van der Waals surface area contributed by atoms with E-state index in [1.807, 2.05) is 13.0 Å². The van der Waals surface area contributed by atoms with Gasteiger partial charge in [-0.3, -0.25) is 0 Å². The first kappa shape index (κ1) is 10.9. The smallest absolute Gasteiger partial charge is 0.231 e. The summed E-state index contributed by atoms with van der Waals surface area (Å²) in [4.78, 5) is 4.23. The Labute approximate surface area is 95.3 Å². The lowest BCUT2D eigenvalue weighted by Gasteiger charge is -2.12. The molecule has 0 aliphatic carbocycles. The average Bonchev–Trinajstić information content (AvgIpc) is 2.79. The van der Waals surface area contributed by atoms with Crippen molar-refractivity contribution >= 4 is 0 Å². The van der Waals surface area contributed by atoms with E-state index in [1.165, 1.54) is 6.42 Å². The maximum Gasteiger partial charge on any atom is 0.231 e. The first-order valence-electron chi connectivity index (χ1n) is 5.53. The summed E-state index contributed by atoms with van der Waals surface area (Å²) in [6.45, 7) is 3.54. The van der Waals surface area contributed by atoms with Crippen LogP contribution in [0.4, 0.5) is 0 Å². The van der Waals surface area contributed by atoms with Crippen molar-refractivity contribution < 1.29 is 4.74 Å². The number of nitrogens with one attached hydrogen (secondary N) is 1. The van der Waals surface area contributed by atoms with Crippen LogP contribution in [-0.4, -0.2) is 24.2 Å². The second kappa shape index (κ2) is 4.95. The Hall–Kier alpha value is -1.60. The van der Waals surface area contributed by atoms with Crippen LogP contribution in [-0.2, 0) is 0 Å². The monoisotopic (exact) mass is 217 g/mol. The minimum absolute atomic E-state index is 0.397. The molecule has 1 atom stereocenters. The summed E-state index contributed by atoms with van der Waals surface area (Å²) in [5.74, 6) is 0.455. The molecule has 0 bridgehead atoms. The molecule has 0 radical (unpaired) electrons. The molecule has 0 amide bonds. The zero-order valence-electron chi connectivity index (χ0n) is 9.36. The number of rotatable bonds is 3. The number of aryl methyl sites for hydroxylation is 1. The molecular formula is C12H15N3O. The molecule has 1 aromatic heterocycles. The highest BCUT2D eigenvalue weighted by Gasteiger charge is 2.15. The molecule has 16 heavy (non-hydrogen) atoms. The summed E-state index contributed by atoms with van der Waals surface area (Å²) >= 11 is 0. The van der Waals surface area contributed by atoms with Crippen LogP contribution >= 0.6 is 0 Å². The van der Waals surface area contributed by atoms with Gasteiger partial charge in [0.25, 0.3) is 0 Å². The molecule has 1 unspecified atom stereocenters. The van der Waals surface area contributed by atoms with Crippen LogP contribution in [0.25, 0.3) is 0 Å². The summed E-state index contributed by atoms with van der Waals surface area (Å²) in [6, 6.07) is 6.06. The molecule has 1 N–H and O–H groups in total. The molecular weight excluding hydrogens is 202 g/mol. The topological polar surface area (TPSA) is 57.9 Å². The van der Waals surface area contributed by atoms with Crippen molar-refractivity contribution in [1.29, 1.82) is 5.26 Å². The number of aromatic nitrogens is 1. The molecule has 0 spiro atoms. The normalized spacial score (nSPS) is 19.4. The van der Waals surface area contributed by atoms with Gasteiger partial charge in [0.05, 0.1) is 0 Å². The van der Waals surface area contributed by atoms with Gasteiger partial charge in [0.15, 0.2) is 0 Å². The van der Waals surface area contributed by atoms with Crippen molar-refractivity contribution in [2.24, 2.45) is 0 Å². The highest BCUT2D eigenvalue weighted by atomic mass is 16.5. The number of nitriles is 1. The van der Waals surface area contributed by atoms with E-state index in [4.69, 9.17) is 10.00 Å². The highest BCUT2D eigenvalue weighted by Crippen LogP contribution is 2.16. The van der Waals surface area contributed by atoms with Gasteiger partial charge in [-0.2, -0.15) is 5.26 Å². The standard InChI is InChI=1S/C12H15N3O/c1-9-4-5-10(7-13)12(15-9)16-8-11-3-2-6-14-11/h4-5,11,14H,2-3,6,8H2,1H3. The SMILES string of the molecule is Cc1ccc(C#N)c(OCC2CCCN2)n1. The first-order chi connectivity index (χ1) is 7.79. The van der Waals surface area contributed by atoms with E-state index in [-0.39, 0.29) is 0 Å². The number of hydrogen-bond donors (Lipinski definition) is 1. The van der Waals surface area contributed by atoms with Gasteiger partial charge in [0.2, 0.25) is 5.88 Å². The van der Waals surface area contributed by atoms with E-state index in [2.05, 4.69) is 16.4 Å². The van der Waals surface area contributed by atoms with Gasteiger partial charge >= 0.3 is 0 Å². The Kier molecular flexibility index (Phi) is 3.37. The third-order valence-corrected chi connectivity index (χ3v) is 2.70. The molecule has 4 heteroatoms. The van der Waals surface area contributed by atoms with Crippen LogP contribution in [0.5, 0.6) is 5.88 Å². The minimum atomic E-state index is 0.397. The van der Waals surface area contributed by atoms with Crippen LogP contribution in [0.1, 0.15) is 24.1 Å². The number of ether oxygens (including phenoxy) is 1. The lowest BCUT2D eigenvalue weighted by Crippen LogP contribution is -2.28. The lowest BCUT2D eigenvalue weighted by atomic mass is 10.2. The third-order valence-electron chi connectivity index (χ3n) is 2.70. The van der Waals surface area contributed by atoms with Crippen LogP contribution in [0.2, 0.25) is 0 Å². The summed E-state index contributed by atoms with van der Waals surface area (Å²) in [5.41, 5.74) is 1.37. The van der Waals surface area contributed by atoms with E-state index in [0.717, 1.165) is 18.7 Å². The zero-order chi connectivity index (χ0) is 11.4. The second-order valence-electron chi connectivity index (χ2n) is 4.02. The Morgan fingerprint density at radius 2 is 2.50 bits per heavy atom. The van der Waals surface area contributed by atoms with E-state index < -0.39 is 0 Å². The van der Waals surface area contributed by atoms with Crippen molar-refractivity contribution in [1.82, 2.24) is 10.3 Å². The van der Waals surface area contributed by atoms with Gasteiger partial charge in [0.1, 0.15) is 18.2 Å². The van der Waals surface area contributed by atoms with Gasteiger partial charge in [-0.25, -0.2) is 4.98 Å². The van der Waals surface area contributed by atoms with Gasteiger partial charge < -0.3 is 10.1 Å². The van der Waals surface area contributed by atoms with Crippen molar-refractivity contribution in [3.63, 3.8) is 0 Å². The molecule has 0 saturated carbocycles. The van der Waals surface area contributed by atoms with Gasteiger partial charge in [0, 0.05) is 11.7 Å². The maximum atomic E-state index is 8.92. The van der Waals surface area contributed by atoms with E-state index in [9.17, 15) is 0 Å². The highest BCUT2D eigenvalue weighted by molar-refractivity contribution is 5.38. The number of pyridine rings is 1. The molecule has 0 aromatic carbocycles. The number of nitrogens with zero attached hydrogens (tertiary/aromatic N) is 2. The second-order valence-corrected chi connectivity index (χ2v) is 4.02. The number of hydrogen-bond acceptors (Lipinski definition) is 4.